The minimum atomic E-state index is -0.281. The molecule has 0 aliphatic carbocycles. The molecule has 0 bridgehead atoms. The normalized spacial score (nSPS) is 12.2. The van der Waals surface area contributed by atoms with E-state index in [0.717, 1.165) is 0 Å². The van der Waals surface area contributed by atoms with E-state index in [2.05, 4.69) is 10.3 Å². The van der Waals surface area contributed by atoms with Crippen LogP contribution in [0.5, 0.6) is 11.5 Å². The van der Waals surface area contributed by atoms with Crippen molar-refractivity contribution < 1.29 is 14.3 Å². The van der Waals surface area contributed by atoms with Crippen molar-refractivity contribution in [3.05, 3.63) is 42.1 Å². The highest BCUT2D eigenvalue weighted by Gasteiger charge is 2.16. The number of nitrogens with one attached hydrogen (secondary N) is 1. The zero-order valence-electron chi connectivity index (χ0n) is 9.92. The van der Waals surface area contributed by atoms with E-state index in [1.165, 1.54) is 6.20 Å². The molecule has 0 fully saturated rings. The second kappa shape index (κ2) is 4.49. The van der Waals surface area contributed by atoms with Gasteiger partial charge in [0.05, 0.1) is 0 Å². The molecule has 1 amide bonds. The monoisotopic (exact) mass is 257 g/mol. The number of pyridine rings is 1. The molecule has 1 aliphatic heterocycles. The first kappa shape index (κ1) is 11.3. The maximum Gasteiger partial charge on any atom is 0.256 e. The van der Waals surface area contributed by atoms with Crippen LogP contribution in [0.1, 0.15) is 10.4 Å². The molecule has 6 heteroatoms. The van der Waals surface area contributed by atoms with E-state index in [0.29, 0.717) is 28.6 Å². The third-order valence-corrected chi connectivity index (χ3v) is 2.66. The molecule has 0 radical (unpaired) electrons. The van der Waals surface area contributed by atoms with Crippen molar-refractivity contribution in [1.82, 2.24) is 4.98 Å². The Hall–Kier alpha value is -2.76. The summed E-state index contributed by atoms with van der Waals surface area (Å²) in [6, 6.07) is 8.23. The number of ether oxygens (including phenoxy) is 2. The van der Waals surface area contributed by atoms with Crippen LogP contribution in [-0.4, -0.2) is 17.7 Å². The molecule has 6 nitrogen and oxygen atoms in total. The lowest BCUT2D eigenvalue weighted by Gasteiger charge is -2.05. The van der Waals surface area contributed by atoms with Crippen LogP contribution < -0.4 is 20.5 Å². The van der Waals surface area contributed by atoms with Crippen molar-refractivity contribution >= 4 is 17.4 Å². The van der Waals surface area contributed by atoms with Crippen molar-refractivity contribution in [3.8, 4) is 11.5 Å². The number of nitrogen functional groups attached to an aromatic ring is 1. The van der Waals surface area contributed by atoms with Gasteiger partial charge in [-0.2, -0.15) is 0 Å². The summed E-state index contributed by atoms with van der Waals surface area (Å²) in [4.78, 5) is 16.0. The van der Waals surface area contributed by atoms with Gasteiger partial charge in [-0.3, -0.25) is 4.79 Å². The smallest absolute Gasteiger partial charge is 0.256 e. The maximum absolute atomic E-state index is 12.0. The summed E-state index contributed by atoms with van der Waals surface area (Å²) < 4.78 is 10.4. The van der Waals surface area contributed by atoms with Gasteiger partial charge in [-0.05, 0) is 24.3 Å². The average molecular weight is 257 g/mol. The van der Waals surface area contributed by atoms with E-state index >= 15 is 0 Å². The number of rotatable bonds is 2. The summed E-state index contributed by atoms with van der Waals surface area (Å²) in [6.45, 7) is 0.178. The third kappa shape index (κ3) is 2.28. The summed E-state index contributed by atoms with van der Waals surface area (Å²) in [5.74, 6) is 1.32. The Morgan fingerprint density at radius 3 is 2.89 bits per heavy atom. The SMILES string of the molecule is Nc1ccnc(NC(=O)c2ccc3c(c2)OCO3)c1. The van der Waals surface area contributed by atoms with Crippen molar-refractivity contribution in [2.24, 2.45) is 0 Å². The zero-order valence-corrected chi connectivity index (χ0v) is 9.92. The topological polar surface area (TPSA) is 86.5 Å². The standard InChI is InChI=1S/C13H11N3O3/c14-9-3-4-15-12(6-9)16-13(17)8-1-2-10-11(5-8)19-7-18-10/h1-6H,7H2,(H3,14,15,16,17). The van der Waals surface area contributed by atoms with Gasteiger partial charge < -0.3 is 20.5 Å². The molecule has 3 rings (SSSR count). The molecule has 2 heterocycles. The molecule has 0 atom stereocenters. The molecular weight excluding hydrogens is 246 g/mol. The van der Waals surface area contributed by atoms with Crippen LogP contribution in [0.3, 0.4) is 0 Å². The molecule has 1 aromatic carbocycles. The summed E-state index contributed by atoms with van der Waals surface area (Å²) in [5.41, 5.74) is 6.62. The Labute approximate surface area is 109 Å². The van der Waals surface area contributed by atoms with Crippen LogP contribution in [0.4, 0.5) is 11.5 Å². The molecule has 2 aromatic rings. The summed E-state index contributed by atoms with van der Waals surface area (Å²) in [6.07, 6.45) is 1.53. The van der Waals surface area contributed by atoms with Gasteiger partial charge in [0.25, 0.3) is 5.91 Å². The van der Waals surface area contributed by atoms with Crippen LogP contribution in [0.15, 0.2) is 36.5 Å². The van der Waals surface area contributed by atoms with Crippen LogP contribution >= 0.6 is 0 Å². The van der Waals surface area contributed by atoms with Gasteiger partial charge in [0.15, 0.2) is 11.5 Å². The average Bonchev–Trinajstić information content (AvgIpc) is 2.85. The molecule has 0 unspecified atom stereocenters. The third-order valence-electron chi connectivity index (χ3n) is 2.66. The summed E-state index contributed by atoms with van der Waals surface area (Å²) in [5, 5.41) is 2.66. The van der Waals surface area contributed by atoms with Gasteiger partial charge >= 0.3 is 0 Å². The highest BCUT2D eigenvalue weighted by Crippen LogP contribution is 2.32. The minimum absolute atomic E-state index is 0.178. The van der Waals surface area contributed by atoms with E-state index in [4.69, 9.17) is 15.2 Å². The first-order chi connectivity index (χ1) is 9.22. The minimum Gasteiger partial charge on any atom is -0.454 e. The van der Waals surface area contributed by atoms with Crippen molar-refractivity contribution in [3.63, 3.8) is 0 Å². The van der Waals surface area contributed by atoms with Gasteiger partial charge in [-0.25, -0.2) is 4.98 Å². The predicted octanol–water partition coefficient (Wildman–Crippen LogP) is 1.64. The second-order valence-corrected chi connectivity index (χ2v) is 4.00. The number of nitrogens with two attached hydrogens (primary N) is 1. The summed E-state index contributed by atoms with van der Waals surface area (Å²) in [7, 11) is 0. The number of hydrogen-bond donors (Lipinski definition) is 2. The van der Waals surface area contributed by atoms with Gasteiger partial charge in [0.2, 0.25) is 6.79 Å². The number of benzene rings is 1. The molecule has 1 aliphatic rings. The number of amides is 1. The number of hydrogen-bond acceptors (Lipinski definition) is 5. The van der Waals surface area contributed by atoms with Crippen LogP contribution in [-0.2, 0) is 0 Å². The quantitative estimate of drug-likeness (QED) is 0.854. The van der Waals surface area contributed by atoms with Crippen LogP contribution in [0, 0.1) is 0 Å². The van der Waals surface area contributed by atoms with E-state index < -0.39 is 0 Å². The molecule has 96 valence electrons. The number of anilines is 2. The van der Waals surface area contributed by atoms with E-state index in [-0.39, 0.29) is 12.7 Å². The Morgan fingerprint density at radius 1 is 1.21 bits per heavy atom. The molecular formula is C13H11N3O3. The number of nitrogens with zero attached hydrogens (tertiary/aromatic N) is 1. The number of carbonyl (C=O) groups excluding carboxylic acids is 1. The molecule has 0 saturated heterocycles. The van der Waals surface area contributed by atoms with Crippen LogP contribution in [0.25, 0.3) is 0 Å². The lowest BCUT2D eigenvalue weighted by Crippen LogP contribution is -2.13. The van der Waals surface area contributed by atoms with E-state index in [1.807, 2.05) is 0 Å². The maximum atomic E-state index is 12.0. The largest absolute Gasteiger partial charge is 0.454 e. The molecule has 19 heavy (non-hydrogen) atoms. The number of carbonyl (C=O) groups is 1. The molecule has 0 spiro atoms. The van der Waals surface area contributed by atoms with E-state index in [9.17, 15) is 4.79 Å². The van der Waals surface area contributed by atoms with Crippen molar-refractivity contribution in [2.75, 3.05) is 17.8 Å². The second-order valence-electron chi connectivity index (χ2n) is 4.00. The Balaban J connectivity index is 1.81. The zero-order chi connectivity index (χ0) is 13.2. The Morgan fingerprint density at radius 2 is 2.05 bits per heavy atom. The Kier molecular flexibility index (Phi) is 2.68. The molecule has 0 saturated carbocycles. The van der Waals surface area contributed by atoms with Gasteiger partial charge in [-0.15, -0.1) is 0 Å². The van der Waals surface area contributed by atoms with Gasteiger partial charge in [0.1, 0.15) is 5.82 Å². The Bertz CT molecular complexity index is 643. The van der Waals surface area contributed by atoms with Crippen molar-refractivity contribution in [2.45, 2.75) is 0 Å². The highest BCUT2D eigenvalue weighted by molar-refractivity contribution is 6.04. The first-order valence-corrected chi connectivity index (χ1v) is 5.65. The van der Waals surface area contributed by atoms with Crippen LogP contribution in [0.2, 0.25) is 0 Å². The van der Waals surface area contributed by atoms with Crippen molar-refractivity contribution in [1.29, 1.82) is 0 Å². The fraction of sp³-hybridized carbons (Fsp3) is 0.0769. The van der Waals surface area contributed by atoms with Gasteiger partial charge in [-0.1, -0.05) is 0 Å². The molecule has 1 aromatic heterocycles. The summed E-state index contributed by atoms with van der Waals surface area (Å²) >= 11 is 0. The fourth-order valence-corrected chi connectivity index (χ4v) is 1.74. The molecule has 3 N–H and O–H groups in total. The predicted molar refractivity (Wildman–Crippen MR) is 69.2 cm³/mol. The lowest BCUT2D eigenvalue weighted by molar-refractivity contribution is 0.102. The number of aromatic nitrogens is 1. The fourth-order valence-electron chi connectivity index (χ4n) is 1.74. The van der Waals surface area contributed by atoms with Gasteiger partial charge in [0, 0.05) is 23.5 Å². The first-order valence-electron chi connectivity index (χ1n) is 5.65. The van der Waals surface area contributed by atoms with E-state index in [1.54, 1.807) is 30.3 Å². The lowest BCUT2D eigenvalue weighted by atomic mass is 10.2. The highest BCUT2D eigenvalue weighted by atomic mass is 16.7. The number of fused-ring (bicyclic) bond motifs is 1.